The molecule has 1 saturated heterocycles. The van der Waals surface area contributed by atoms with Crippen molar-refractivity contribution in [2.45, 2.75) is 65.5 Å². The molecule has 0 radical (unpaired) electrons. The van der Waals surface area contributed by atoms with Gasteiger partial charge >= 0.3 is 0 Å². The van der Waals surface area contributed by atoms with Crippen LogP contribution in [-0.2, 0) is 19.7 Å². The van der Waals surface area contributed by atoms with Crippen molar-refractivity contribution in [2.24, 2.45) is 5.92 Å². The Labute approximate surface area is 243 Å². The van der Waals surface area contributed by atoms with Crippen LogP contribution in [0.25, 0.3) is 0 Å². The molecule has 3 heterocycles. The number of nitrogens with one attached hydrogen (secondary N) is 1. The summed E-state index contributed by atoms with van der Waals surface area (Å²) in [6, 6.07) is 12.3. The van der Waals surface area contributed by atoms with E-state index in [0.717, 1.165) is 43.6 Å². The van der Waals surface area contributed by atoms with Crippen LogP contribution in [-0.4, -0.2) is 51.5 Å². The van der Waals surface area contributed by atoms with Crippen molar-refractivity contribution in [3.63, 3.8) is 0 Å². The molecular formula is C32H36F2N4O4. The number of hydrogen-bond acceptors (Lipinski definition) is 5. The van der Waals surface area contributed by atoms with E-state index >= 15 is 0 Å². The van der Waals surface area contributed by atoms with Gasteiger partial charge in [-0.2, -0.15) is 0 Å². The van der Waals surface area contributed by atoms with E-state index in [-0.39, 0.29) is 53.8 Å². The third-order valence-electron chi connectivity index (χ3n) is 8.01. The van der Waals surface area contributed by atoms with E-state index in [1.54, 1.807) is 4.57 Å². The molecule has 2 unspecified atom stereocenters. The predicted octanol–water partition coefficient (Wildman–Crippen LogP) is 4.56. The number of pyridine rings is 1. The Morgan fingerprint density at radius 1 is 1.12 bits per heavy atom. The minimum Gasteiger partial charge on any atom is -0.483 e. The van der Waals surface area contributed by atoms with E-state index in [9.17, 15) is 23.2 Å². The molecule has 10 heteroatoms. The Morgan fingerprint density at radius 3 is 2.60 bits per heavy atom. The summed E-state index contributed by atoms with van der Waals surface area (Å²) in [6.07, 6.45) is 2.95. The first-order valence-electron chi connectivity index (χ1n) is 14.4. The Kier molecular flexibility index (Phi) is 8.72. The summed E-state index contributed by atoms with van der Waals surface area (Å²) in [6.45, 7) is 8.14. The van der Waals surface area contributed by atoms with Gasteiger partial charge in [-0.3, -0.25) is 19.3 Å². The van der Waals surface area contributed by atoms with E-state index in [4.69, 9.17) is 4.74 Å². The van der Waals surface area contributed by atoms with Gasteiger partial charge in [0.1, 0.15) is 30.0 Å². The highest BCUT2D eigenvalue weighted by atomic mass is 19.1. The van der Waals surface area contributed by atoms with Crippen molar-refractivity contribution >= 4 is 11.8 Å². The number of hydrogen-bond donors (Lipinski definition) is 1. The fourth-order valence-electron chi connectivity index (χ4n) is 5.60. The van der Waals surface area contributed by atoms with Gasteiger partial charge in [0.2, 0.25) is 5.43 Å². The molecule has 2 aliphatic heterocycles. The van der Waals surface area contributed by atoms with E-state index < -0.39 is 23.0 Å². The summed E-state index contributed by atoms with van der Waals surface area (Å²) < 4.78 is 35.2. The number of amides is 2. The summed E-state index contributed by atoms with van der Waals surface area (Å²) >= 11 is 0. The van der Waals surface area contributed by atoms with Gasteiger partial charge in [-0.05, 0) is 37.3 Å². The zero-order valence-electron chi connectivity index (χ0n) is 24.1. The van der Waals surface area contributed by atoms with Crippen LogP contribution < -0.4 is 15.5 Å². The summed E-state index contributed by atoms with van der Waals surface area (Å²) in [5.41, 5.74) is 0.0484. The molecule has 1 aromatic heterocycles. The Bertz CT molecular complexity index is 1520. The molecule has 2 aliphatic rings. The zero-order chi connectivity index (χ0) is 30.0. The number of carbonyl (C=O) groups excluding carboxylic acids is 2. The van der Waals surface area contributed by atoms with Crippen molar-refractivity contribution in [1.82, 2.24) is 19.7 Å². The maximum atomic E-state index is 14.2. The van der Waals surface area contributed by atoms with Crippen molar-refractivity contribution < 1.29 is 23.1 Å². The van der Waals surface area contributed by atoms with E-state index in [1.165, 1.54) is 12.3 Å². The van der Waals surface area contributed by atoms with E-state index in [0.29, 0.717) is 12.5 Å². The number of benzene rings is 2. The molecule has 42 heavy (non-hydrogen) atoms. The lowest BCUT2D eigenvalue weighted by molar-refractivity contribution is -0.0339. The predicted molar refractivity (Wildman–Crippen MR) is 154 cm³/mol. The minimum absolute atomic E-state index is 0.0295. The number of nitrogens with zero attached hydrogens (tertiary/aromatic N) is 3. The number of ether oxygens (including phenoxy) is 1. The molecule has 1 fully saturated rings. The number of aromatic nitrogens is 1. The molecule has 0 bridgehead atoms. The summed E-state index contributed by atoms with van der Waals surface area (Å²) in [5, 5.41) is 2.56. The summed E-state index contributed by atoms with van der Waals surface area (Å²) in [7, 11) is 0. The lowest BCUT2D eigenvalue weighted by Gasteiger charge is -2.50. The highest BCUT2D eigenvalue weighted by molar-refractivity contribution is 5.99. The van der Waals surface area contributed by atoms with E-state index in [1.807, 2.05) is 42.2 Å². The maximum absolute atomic E-state index is 14.2. The maximum Gasteiger partial charge on any atom is 0.276 e. The monoisotopic (exact) mass is 578 g/mol. The number of rotatable bonds is 9. The second-order valence-corrected chi connectivity index (χ2v) is 11.4. The first kappa shape index (κ1) is 29.4. The quantitative estimate of drug-likeness (QED) is 0.403. The highest BCUT2D eigenvalue weighted by Gasteiger charge is 2.43. The third-order valence-corrected chi connectivity index (χ3v) is 8.01. The van der Waals surface area contributed by atoms with Gasteiger partial charge in [0.05, 0.1) is 6.54 Å². The summed E-state index contributed by atoms with van der Waals surface area (Å²) in [4.78, 5) is 45.3. The van der Waals surface area contributed by atoms with Crippen molar-refractivity contribution in [3.05, 3.63) is 99.0 Å². The fourth-order valence-corrected chi connectivity index (χ4v) is 5.60. The smallest absolute Gasteiger partial charge is 0.276 e. The normalized spacial score (nSPS) is 18.5. The van der Waals surface area contributed by atoms with Crippen molar-refractivity contribution in [1.29, 1.82) is 0 Å². The SMILES string of the molecule is CC(C)CCN1CCC(C)N2C(=O)c3c(OCc4ccccc4)c(=O)c(C(=O)NCc4ccc(F)cc4F)cn3CC12. The van der Waals surface area contributed by atoms with Crippen LogP contribution in [0.3, 0.4) is 0 Å². The van der Waals surface area contributed by atoms with Gasteiger partial charge in [-0.15, -0.1) is 0 Å². The Hall–Kier alpha value is -4.05. The molecule has 0 aliphatic carbocycles. The molecule has 5 rings (SSSR count). The van der Waals surface area contributed by atoms with Gasteiger partial charge in [0.25, 0.3) is 11.8 Å². The number of carbonyl (C=O) groups is 2. The number of fused-ring (bicyclic) bond motifs is 2. The topological polar surface area (TPSA) is 83.9 Å². The molecule has 2 atom stereocenters. The van der Waals surface area contributed by atoms with Gasteiger partial charge < -0.3 is 19.5 Å². The molecule has 1 N–H and O–H groups in total. The first-order chi connectivity index (χ1) is 20.1. The summed E-state index contributed by atoms with van der Waals surface area (Å²) in [5.74, 6) is -2.27. The molecular weight excluding hydrogens is 542 g/mol. The van der Waals surface area contributed by atoms with Gasteiger partial charge in [0, 0.05) is 43.5 Å². The first-order valence-corrected chi connectivity index (χ1v) is 14.4. The largest absolute Gasteiger partial charge is 0.483 e. The minimum atomic E-state index is -0.803. The van der Waals surface area contributed by atoms with Crippen molar-refractivity contribution in [2.75, 3.05) is 13.1 Å². The van der Waals surface area contributed by atoms with Crippen LogP contribution in [0, 0.1) is 17.6 Å². The Morgan fingerprint density at radius 2 is 1.88 bits per heavy atom. The zero-order valence-corrected chi connectivity index (χ0v) is 24.1. The average Bonchev–Trinajstić information content (AvgIpc) is 2.96. The van der Waals surface area contributed by atoms with Crippen LogP contribution in [0.2, 0.25) is 0 Å². The molecule has 3 aromatic rings. The van der Waals surface area contributed by atoms with Crippen LogP contribution in [0.5, 0.6) is 5.75 Å². The Balaban J connectivity index is 1.51. The fraction of sp³-hybridized carbons (Fsp3) is 0.406. The van der Waals surface area contributed by atoms with Crippen LogP contribution in [0.15, 0.2) is 59.5 Å². The average molecular weight is 579 g/mol. The molecule has 2 amide bonds. The molecule has 0 saturated carbocycles. The second kappa shape index (κ2) is 12.4. The van der Waals surface area contributed by atoms with Gasteiger partial charge in [-0.25, -0.2) is 8.78 Å². The number of halogens is 2. The standard InChI is InChI=1S/C32H36F2N4O4/c1-20(2)11-13-36-14-12-21(3)38-27(36)18-37-17-25(31(40)35-16-23-9-10-24(33)15-26(23)34)29(39)30(28(37)32(38)41)42-19-22-7-5-4-6-8-22/h4-10,15,17,20-21,27H,11-14,16,18-19H2,1-3H3,(H,35,40). The van der Waals surface area contributed by atoms with Crippen LogP contribution in [0.4, 0.5) is 8.78 Å². The van der Waals surface area contributed by atoms with Crippen LogP contribution in [0.1, 0.15) is 65.6 Å². The van der Waals surface area contributed by atoms with Gasteiger partial charge in [0.15, 0.2) is 11.4 Å². The molecule has 0 spiro atoms. The van der Waals surface area contributed by atoms with E-state index in [2.05, 4.69) is 24.1 Å². The lowest BCUT2D eigenvalue weighted by Crippen LogP contribution is -2.64. The second-order valence-electron chi connectivity index (χ2n) is 11.4. The van der Waals surface area contributed by atoms with Gasteiger partial charge in [-0.1, -0.05) is 50.2 Å². The molecule has 2 aromatic carbocycles. The lowest BCUT2D eigenvalue weighted by atomic mass is 10.0. The van der Waals surface area contributed by atoms with Crippen molar-refractivity contribution in [3.8, 4) is 5.75 Å². The highest BCUT2D eigenvalue weighted by Crippen LogP contribution is 2.32. The third kappa shape index (κ3) is 6.09. The van der Waals surface area contributed by atoms with Crippen LogP contribution >= 0.6 is 0 Å². The molecule has 222 valence electrons. The molecule has 8 nitrogen and oxygen atoms in total.